The maximum Gasteiger partial charge on any atom is 0.112 e. The Labute approximate surface area is 68.7 Å². The Morgan fingerprint density at radius 1 is 1.64 bits per heavy atom. The van der Waals surface area contributed by atoms with E-state index in [0.717, 1.165) is 6.42 Å². The van der Waals surface area contributed by atoms with Crippen LogP contribution in [0.2, 0.25) is 0 Å². The van der Waals surface area contributed by atoms with Crippen molar-refractivity contribution in [2.24, 2.45) is 5.92 Å². The molecule has 60 valence electrons. The predicted molar refractivity (Wildman–Crippen MR) is 42.6 cm³/mol. The second kappa shape index (κ2) is 2.24. The third-order valence-corrected chi connectivity index (χ3v) is 2.91. The van der Waals surface area contributed by atoms with Crippen LogP contribution in [0.5, 0.6) is 0 Å². The molecule has 0 saturated carbocycles. The zero-order valence-corrected chi connectivity index (χ0v) is 7.04. The summed E-state index contributed by atoms with van der Waals surface area (Å²) in [4.78, 5) is 0. The normalized spacial score (nSPS) is 55.3. The van der Waals surface area contributed by atoms with E-state index in [0.29, 0.717) is 12.5 Å². The van der Waals surface area contributed by atoms with Gasteiger partial charge >= 0.3 is 0 Å². The van der Waals surface area contributed by atoms with Crippen molar-refractivity contribution >= 4 is 7.85 Å². The smallest absolute Gasteiger partial charge is 0.112 e. The minimum Gasteiger partial charge on any atom is -0.376 e. The highest BCUT2D eigenvalue weighted by molar-refractivity contribution is 6.11. The predicted octanol–water partition coefficient (Wildman–Crippen LogP) is 0.695. The minimum atomic E-state index is -0.196. The van der Waals surface area contributed by atoms with E-state index >= 15 is 0 Å². The molecule has 2 radical (unpaired) electrons. The maximum atomic E-state index is 5.72. The number of hydrogen-bond donors (Lipinski definition) is 0. The Morgan fingerprint density at radius 3 is 2.64 bits per heavy atom. The molecule has 0 N–H and O–H groups in total. The SMILES string of the molecule is [B][C@@H]1O[C@]2(C)CO[C@@H]1[C@H]2CC. The number of fused-ring (bicyclic) bond motifs is 2. The lowest BCUT2D eigenvalue weighted by atomic mass is 9.84. The first-order valence-electron chi connectivity index (χ1n) is 4.22. The molecular formula is C8H13BO2. The average Bonchev–Trinajstić information content (AvgIpc) is 2.36. The monoisotopic (exact) mass is 152 g/mol. The maximum absolute atomic E-state index is 5.72. The summed E-state index contributed by atoms with van der Waals surface area (Å²) in [5.41, 5.74) is -0.0984. The summed E-state index contributed by atoms with van der Waals surface area (Å²) < 4.78 is 11.1. The van der Waals surface area contributed by atoms with Gasteiger partial charge in [0.15, 0.2) is 0 Å². The Bertz CT molecular complexity index is 173. The van der Waals surface area contributed by atoms with E-state index in [-0.39, 0.29) is 17.7 Å². The Morgan fingerprint density at radius 2 is 2.36 bits per heavy atom. The zero-order valence-electron chi connectivity index (χ0n) is 7.04. The molecule has 2 nitrogen and oxygen atoms in total. The van der Waals surface area contributed by atoms with Crippen LogP contribution in [0.1, 0.15) is 20.3 Å². The highest BCUT2D eigenvalue weighted by Crippen LogP contribution is 2.44. The van der Waals surface area contributed by atoms with E-state index in [1.54, 1.807) is 0 Å². The van der Waals surface area contributed by atoms with Gasteiger partial charge < -0.3 is 9.47 Å². The van der Waals surface area contributed by atoms with Gasteiger partial charge in [-0.25, -0.2) is 0 Å². The Kier molecular flexibility index (Phi) is 1.55. The van der Waals surface area contributed by atoms with Gasteiger partial charge in [-0.3, -0.25) is 0 Å². The molecule has 2 aliphatic rings. The molecule has 0 aliphatic carbocycles. The van der Waals surface area contributed by atoms with Gasteiger partial charge in [0, 0.05) is 11.9 Å². The summed E-state index contributed by atoms with van der Waals surface area (Å²) in [6.07, 6.45) is 1.24. The topological polar surface area (TPSA) is 18.5 Å². The van der Waals surface area contributed by atoms with Gasteiger partial charge in [0.25, 0.3) is 0 Å². The van der Waals surface area contributed by atoms with Crippen molar-refractivity contribution in [2.75, 3.05) is 6.61 Å². The first kappa shape index (κ1) is 7.62. The van der Waals surface area contributed by atoms with Gasteiger partial charge in [-0.1, -0.05) is 6.92 Å². The molecule has 4 atom stereocenters. The van der Waals surface area contributed by atoms with Crippen LogP contribution in [0.4, 0.5) is 0 Å². The van der Waals surface area contributed by atoms with Crippen molar-refractivity contribution in [3.05, 3.63) is 0 Å². The van der Waals surface area contributed by atoms with E-state index in [2.05, 4.69) is 13.8 Å². The van der Waals surface area contributed by atoms with E-state index in [9.17, 15) is 0 Å². The molecule has 3 heteroatoms. The zero-order chi connectivity index (χ0) is 8.06. The fraction of sp³-hybridized carbons (Fsp3) is 1.00. The van der Waals surface area contributed by atoms with Crippen molar-refractivity contribution in [3.63, 3.8) is 0 Å². The molecule has 0 aromatic rings. The summed E-state index contributed by atoms with van der Waals surface area (Å²) in [7, 11) is 5.72. The lowest BCUT2D eigenvalue weighted by Crippen LogP contribution is -2.35. The van der Waals surface area contributed by atoms with Gasteiger partial charge in [0.2, 0.25) is 0 Å². The summed E-state index contributed by atoms with van der Waals surface area (Å²) >= 11 is 0. The van der Waals surface area contributed by atoms with Crippen molar-refractivity contribution < 1.29 is 9.47 Å². The van der Waals surface area contributed by atoms with Crippen LogP contribution in [-0.4, -0.2) is 32.2 Å². The molecule has 0 unspecified atom stereocenters. The second-order valence-electron chi connectivity index (χ2n) is 3.69. The molecule has 2 heterocycles. The Hall–Kier alpha value is -0.0151. The lowest BCUT2D eigenvalue weighted by molar-refractivity contribution is -0.105. The van der Waals surface area contributed by atoms with Crippen LogP contribution in [0.3, 0.4) is 0 Å². The molecule has 2 rings (SSSR count). The van der Waals surface area contributed by atoms with Gasteiger partial charge in [-0.2, -0.15) is 0 Å². The molecule has 0 spiro atoms. The highest BCUT2D eigenvalue weighted by Gasteiger charge is 2.55. The highest BCUT2D eigenvalue weighted by atomic mass is 16.6. The lowest BCUT2D eigenvalue weighted by Gasteiger charge is -2.26. The largest absolute Gasteiger partial charge is 0.376 e. The van der Waals surface area contributed by atoms with E-state index in [1.807, 2.05) is 0 Å². The van der Waals surface area contributed by atoms with Crippen LogP contribution < -0.4 is 0 Å². The third-order valence-electron chi connectivity index (χ3n) is 2.91. The number of hydrogen-bond acceptors (Lipinski definition) is 2. The van der Waals surface area contributed by atoms with E-state index < -0.39 is 0 Å². The van der Waals surface area contributed by atoms with Crippen molar-refractivity contribution in [1.29, 1.82) is 0 Å². The van der Waals surface area contributed by atoms with Gasteiger partial charge in [-0.15, -0.1) is 0 Å². The molecule has 0 aromatic carbocycles. The first-order valence-corrected chi connectivity index (χ1v) is 4.22. The molecule has 0 amide bonds. The van der Waals surface area contributed by atoms with Crippen LogP contribution >= 0.6 is 0 Å². The molecule has 2 bridgehead atoms. The van der Waals surface area contributed by atoms with Crippen molar-refractivity contribution in [1.82, 2.24) is 0 Å². The van der Waals surface area contributed by atoms with E-state index in [1.165, 1.54) is 0 Å². The van der Waals surface area contributed by atoms with Crippen molar-refractivity contribution in [2.45, 2.75) is 38.0 Å². The molecule has 2 fully saturated rings. The quantitative estimate of drug-likeness (QED) is 0.514. The molecule has 2 saturated heterocycles. The van der Waals surface area contributed by atoms with Crippen LogP contribution in [0.15, 0.2) is 0 Å². The fourth-order valence-corrected chi connectivity index (χ4v) is 2.32. The van der Waals surface area contributed by atoms with Gasteiger partial charge in [0.1, 0.15) is 7.85 Å². The minimum absolute atomic E-state index is 0.0984. The summed E-state index contributed by atoms with van der Waals surface area (Å²) in [6.45, 7) is 4.96. The average molecular weight is 152 g/mol. The number of ether oxygens (including phenoxy) is 2. The summed E-state index contributed by atoms with van der Waals surface area (Å²) in [6, 6.07) is -0.196. The number of rotatable bonds is 1. The fourth-order valence-electron chi connectivity index (χ4n) is 2.32. The second-order valence-corrected chi connectivity index (χ2v) is 3.69. The van der Waals surface area contributed by atoms with E-state index in [4.69, 9.17) is 17.3 Å². The molecule has 2 aliphatic heterocycles. The first-order chi connectivity index (χ1) is 5.17. The standard InChI is InChI=1S/C8H13BO2/c1-3-5-6-7(9)11-8(5,2)4-10-6/h5-7H,3-4H2,1-2H3/t5-,6-,7-,8-/m1/s1. The molecule has 11 heavy (non-hydrogen) atoms. The molecule has 0 aromatic heterocycles. The summed E-state index contributed by atoms with van der Waals surface area (Å²) in [5, 5.41) is 0. The Balaban J connectivity index is 2.22. The third kappa shape index (κ3) is 0.874. The van der Waals surface area contributed by atoms with Crippen LogP contribution in [0, 0.1) is 5.92 Å². The van der Waals surface area contributed by atoms with Crippen LogP contribution in [0.25, 0.3) is 0 Å². The van der Waals surface area contributed by atoms with Gasteiger partial charge in [-0.05, 0) is 13.3 Å². The molecular weight excluding hydrogens is 139 g/mol. The van der Waals surface area contributed by atoms with Crippen molar-refractivity contribution in [3.8, 4) is 0 Å². The van der Waals surface area contributed by atoms with Crippen LogP contribution in [-0.2, 0) is 9.47 Å². The summed E-state index contributed by atoms with van der Waals surface area (Å²) in [5.74, 6) is 0.498. The van der Waals surface area contributed by atoms with Gasteiger partial charge in [0.05, 0.1) is 18.3 Å².